The van der Waals surface area contributed by atoms with Crippen LogP contribution in [0.2, 0.25) is 0 Å². The summed E-state index contributed by atoms with van der Waals surface area (Å²) >= 11 is 0. The van der Waals surface area contributed by atoms with Crippen LogP contribution in [0, 0.1) is 19.8 Å². The fourth-order valence-electron chi connectivity index (χ4n) is 4.12. The minimum absolute atomic E-state index is 0.252. The van der Waals surface area contributed by atoms with Gasteiger partial charge in [-0.25, -0.2) is 9.36 Å². The number of amides is 1. The number of hydrogen-bond acceptors (Lipinski definition) is 5. The number of carbonyl (C=O) groups excluding carboxylic acids is 1. The van der Waals surface area contributed by atoms with Crippen LogP contribution in [-0.2, 0) is 24.9 Å². The van der Waals surface area contributed by atoms with Crippen molar-refractivity contribution in [3.63, 3.8) is 0 Å². The molecule has 0 radical (unpaired) electrons. The summed E-state index contributed by atoms with van der Waals surface area (Å²) in [6.45, 7) is 7.07. The van der Waals surface area contributed by atoms with Crippen LogP contribution in [-0.4, -0.2) is 31.1 Å². The average Bonchev–Trinajstić information content (AvgIpc) is 3.01. The van der Waals surface area contributed by atoms with E-state index in [1.807, 2.05) is 18.4 Å². The molecule has 1 aromatic carbocycles. The Bertz CT molecular complexity index is 1250. The molecule has 0 unspecified atom stereocenters. The first kappa shape index (κ1) is 19.0. The van der Waals surface area contributed by atoms with Gasteiger partial charge < -0.3 is 15.2 Å². The van der Waals surface area contributed by atoms with Gasteiger partial charge in [-0.1, -0.05) is 13.0 Å². The molecule has 0 saturated carbocycles. The van der Waals surface area contributed by atoms with Crippen molar-refractivity contribution < 1.29 is 4.79 Å². The molecule has 152 valence electrons. The molecule has 0 saturated heterocycles. The monoisotopic (exact) mass is 396 g/mol. The molecule has 29 heavy (non-hydrogen) atoms. The standard InChI is InChI=1S/C20H24N6O3/c1-11-5-12(2)7-14(6-11)24-8-13(3)9-25-16-17(22-19(24)25)23(4)20(29)26(18(16)28)10-15(21)27/h5-7,13H,8-10H2,1-4H3,(H2,21,27)/t13-/m1/s1. The van der Waals surface area contributed by atoms with E-state index < -0.39 is 23.7 Å². The van der Waals surface area contributed by atoms with E-state index in [9.17, 15) is 14.4 Å². The van der Waals surface area contributed by atoms with Crippen LogP contribution in [0.25, 0.3) is 11.2 Å². The van der Waals surface area contributed by atoms with E-state index in [2.05, 4.69) is 35.0 Å². The first-order chi connectivity index (χ1) is 13.7. The highest BCUT2D eigenvalue weighted by Crippen LogP contribution is 2.33. The molecule has 0 spiro atoms. The number of aromatic nitrogens is 4. The maximum Gasteiger partial charge on any atom is 0.332 e. The van der Waals surface area contributed by atoms with Crippen LogP contribution in [0.5, 0.6) is 0 Å². The maximum absolute atomic E-state index is 13.1. The molecule has 0 aliphatic carbocycles. The second-order valence-electron chi connectivity index (χ2n) is 7.96. The summed E-state index contributed by atoms with van der Waals surface area (Å²) in [4.78, 5) is 43.8. The molecular weight excluding hydrogens is 372 g/mol. The SMILES string of the molecule is Cc1cc(C)cc(N2C[C@@H](C)Cn3c2nc2c3c(=O)n(CC(N)=O)c(=O)n2C)c1. The lowest BCUT2D eigenvalue weighted by molar-refractivity contribution is -0.118. The Labute approximate surface area is 167 Å². The van der Waals surface area contributed by atoms with Crippen LogP contribution in [0.1, 0.15) is 18.1 Å². The maximum atomic E-state index is 13.1. The first-order valence-electron chi connectivity index (χ1n) is 9.51. The lowest BCUT2D eigenvalue weighted by atomic mass is 10.1. The molecule has 1 atom stereocenters. The van der Waals surface area contributed by atoms with Gasteiger partial charge in [-0.15, -0.1) is 0 Å². The lowest BCUT2D eigenvalue weighted by Gasteiger charge is -2.33. The summed E-state index contributed by atoms with van der Waals surface area (Å²) in [5, 5.41) is 0. The Kier molecular flexibility index (Phi) is 4.33. The van der Waals surface area contributed by atoms with Crippen molar-refractivity contribution in [2.45, 2.75) is 33.9 Å². The second kappa shape index (κ2) is 6.61. The van der Waals surface area contributed by atoms with E-state index in [1.165, 1.54) is 4.57 Å². The molecule has 1 aliphatic rings. The minimum atomic E-state index is -0.743. The number of anilines is 2. The van der Waals surface area contributed by atoms with Gasteiger partial charge in [0.15, 0.2) is 11.2 Å². The minimum Gasteiger partial charge on any atom is -0.368 e. The summed E-state index contributed by atoms with van der Waals surface area (Å²) in [7, 11) is 1.55. The highest BCUT2D eigenvalue weighted by atomic mass is 16.2. The molecule has 9 heteroatoms. The summed E-state index contributed by atoms with van der Waals surface area (Å²) in [5.41, 5.74) is 7.97. The van der Waals surface area contributed by atoms with Crippen LogP contribution in [0.15, 0.2) is 27.8 Å². The van der Waals surface area contributed by atoms with Gasteiger partial charge in [0, 0.05) is 25.8 Å². The Hall–Kier alpha value is -3.36. The van der Waals surface area contributed by atoms with Gasteiger partial charge in [0.05, 0.1) is 0 Å². The highest BCUT2D eigenvalue weighted by molar-refractivity contribution is 5.78. The van der Waals surface area contributed by atoms with Crippen LogP contribution >= 0.6 is 0 Å². The van der Waals surface area contributed by atoms with E-state index in [0.29, 0.717) is 23.7 Å². The van der Waals surface area contributed by atoms with Crippen LogP contribution in [0.3, 0.4) is 0 Å². The van der Waals surface area contributed by atoms with Crippen molar-refractivity contribution in [2.24, 2.45) is 18.7 Å². The van der Waals surface area contributed by atoms with Crippen LogP contribution < -0.4 is 21.9 Å². The largest absolute Gasteiger partial charge is 0.368 e. The third-order valence-electron chi connectivity index (χ3n) is 5.27. The number of fused-ring (bicyclic) bond motifs is 3. The fourth-order valence-corrected chi connectivity index (χ4v) is 4.12. The summed E-state index contributed by atoms with van der Waals surface area (Å²) < 4.78 is 4.02. The van der Waals surface area contributed by atoms with Gasteiger partial charge in [-0.3, -0.25) is 14.2 Å². The quantitative estimate of drug-likeness (QED) is 0.704. The second-order valence-corrected chi connectivity index (χ2v) is 7.96. The molecule has 3 heterocycles. The number of benzene rings is 1. The van der Waals surface area contributed by atoms with Gasteiger partial charge in [0.1, 0.15) is 6.54 Å². The normalized spacial score (nSPS) is 16.3. The predicted molar refractivity (Wildman–Crippen MR) is 111 cm³/mol. The Morgan fingerprint density at radius 2 is 1.83 bits per heavy atom. The molecule has 1 amide bonds. The van der Waals surface area contributed by atoms with Crippen molar-refractivity contribution in [2.75, 3.05) is 11.4 Å². The van der Waals surface area contributed by atoms with Crippen molar-refractivity contribution in [3.8, 4) is 0 Å². The summed E-state index contributed by atoms with van der Waals surface area (Å²) in [5.74, 6) is 0.126. The number of aryl methyl sites for hydroxylation is 3. The van der Waals surface area contributed by atoms with E-state index in [4.69, 9.17) is 5.73 Å². The number of primary amides is 1. The van der Waals surface area contributed by atoms with Crippen molar-refractivity contribution in [1.29, 1.82) is 0 Å². The molecule has 1 aliphatic heterocycles. The van der Waals surface area contributed by atoms with E-state index in [-0.39, 0.29) is 5.92 Å². The number of carbonyl (C=O) groups is 1. The topological polar surface area (TPSA) is 108 Å². The summed E-state index contributed by atoms with van der Waals surface area (Å²) in [6.07, 6.45) is 0. The number of hydrogen-bond donors (Lipinski definition) is 1. The summed E-state index contributed by atoms with van der Waals surface area (Å²) in [6, 6.07) is 6.27. The molecular formula is C20H24N6O3. The molecule has 4 rings (SSSR count). The van der Waals surface area contributed by atoms with Crippen molar-refractivity contribution in [1.82, 2.24) is 18.7 Å². The Morgan fingerprint density at radius 3 is 2.45 bits per heavy atom. The zero-order chi connectivity index (χ0) is 21.0. The van der Waals surface area contributed by atoms with E-state index in [1.54, 1.807) is 7.05 Å². The number of imidazole rings is 1. The smallest absolute Gasteiger partial charge is 0.332 e. The van der Waals surface area contributed by atoms with Gasteiger partial charge in [0.25, 0.3) is 5.56 Å². The van der Waals surface area contributed by atoms with E-state index in [0.717, 1.165) is 27.9 Å². The Balaban J connectivity index is 2.02. The van der Waals surface area contributed by atoms with Crippen molar-refractivity contribution >= 4 is 28.7 Å². The van der Waals surface area contributed by atoms with Gasteiger partial charge in [0.2, 0.25) is 11.9 Å². The van der Waals surface area contributed by atoms with Crippen LogP contribution in [0.4, 0.5) is 11.6 Å². The van der Waals surface area contributed by atoms with Gasteiger partial charge >= 0.3 is 5.69 Å². The highest BCUT2D eigenvalue weighted by Gasteiger charge is 2.30. The molecule has 2 N–H and O–H groups in total. The average molecular weight is 396 g/mol. The lowest BCUT2D eigenvalue weighted by Crippen LogP contribution is -2.43. The Morgan fingerprint density at radius 1 is 1.17 bits per heavy atom. The molecule has 2 aromatic heterocycles. The number of nitrogens with zero attached hydrogens (tertiary/aromatic N) is 5. The molecule has 0 bridgehead atoms. The molecule has 9 nitrogen and oxygen atoms in total. The zero-order valence-electron chi connectivity index (χ0n) is 17.0. The molecule has 3 aromatic rings. The number of rotatable bonds is 3. The third kappa shape index (κ3) is 3.02. The van der Waals surface area contributed by atoms with E-state index >= 15 is 0 Å². The van der Waals surface area contributed by atoms with Gasteiger partial charge in [-0.2, -0.15) is 4.98 Å². The first-order valence-corrected chi connectivity index (χ1v) is 9.51. The number of nitrogens with two attached hydrogens (primary N) is 1. The predicted octanol–water partition coefficient (Wildman–Crippen LogP) is 0.787. The molecule has 0 fully saturated rings. The van der Waals surface area contributed by atoms with Crippen molar-refractivity contribution in [3.05, 3.63) is 50.2 Å². The van der Waals surface area contributed by atoms with Gasteiger partial charge in [-0.05, 0) is 43.0 Å². The fraction of sp³-hybridized carbons (Fsp3) is 0.400. The zero-order valence-corrected chi connectivity index (χ0v) is 17.0. The third-order valence-corrected chi connectivity index (χ3v) is 5.27.